The summed E-state index contributed by atoms with van der Waals surface area (Å²) in [4.78, 5) is 45.9. The van der Waals surface area contributed by atoms with Crippen molar-refractivity contribution in [3.63, 3.8) is 0 Å². The molecule has 1 aromatic carbocycles. The van der Waals surface area contributed by atoms with E-state index in [0.29, 0.717) is 62.1 Å². The average molecular weight is 557 g/mol. The van der Waals surface area contributed by atoms with Crippen molar-refractivity contribution < 1.29 is 23.7 Å². The molecule has 0 radical (unpaired) electrons. The Morgan fingerprint density at radius 1 is 1.00 bits per heavy atom. The highest BCUT2D eigenvalue weighted by molar-refractivity contribution is 5.92. The number of piperazine rings is 1. The van der Waals surface area contributed by atoms with Crippen LogP contribution < -0.4 is 20.7 Å². The Balaban J connectivity index is 1.27. The Hall–Kier alpha value is -3.94. The van der Waals surface area contributed by atoms with Crippen molar-refractivity contribution in [2.24, 2.45) is 14.1 Å². The van der Waals surface area contributed by atoms with Gasteiger partial charge in [0, 0.05) is 66.5 Å². The molecule has 216 valence electrons. The van der Waals surface area contributed by atoms with Crippen molar-refractivity contribution in [3.05, 3.63) is 57.0 Å². The number of benzene rings is 1. The summed E-state index contributed by atoms with van der Waals surface area (Å²) >= 11 is 0. The highest BCUT2D eigenvalue weighted by Crippen LogP contribution is 2.28. The van der Waals surface area contributed by atoms with Crippen LogP contribution in [-0.4, -0.2) is 101 Å². The monoisotopic (exact) mass is 556 g/mol. The first-order valence-corrected chi connectivity index (χ1v) is 13.0. The molecular formula is C27H36N6O7. The maximum Gasteiger partial charge on any atom is 0.332 e. The van der Waals surface area contributed by atoms with Crippen LogP contribution in [0, 0.1) is 0 Å². The lowest BCUT2D eigenvalue weighted by Gasteiger charge is -2.34. The minimum absolute atomic E-state index is 0.0597. The van der Waals surface area contributed by atoms with Crippen molar-refractivity contribution in [3.8, 4) is 11.5 Å². The number of hydrogen-bond acceptors (Lipinski definition) is 9. The van der Waals surface area contributed by atoms with Gasteiger partial charge in [-0.05, 0) is 23.8 Å². The van der Waals surface area contributed by atoms with Crippen LogP contribution in [0.1, 0.15) is 5.56 Å². The van der Waals surface area contributed by atoms with E-state index in [2.05, 4.69) is 9.88 Å². The molecule has 13 heteroatoms. The van der Waals surface area contributed by atoms with Crippen molar-refractivity contribution in [2.75, 3.05) is 67.0 Å². The molecule has 0 N–H and O–H groups in total. The maximum atomic E-state index is 12.8. The molecule has 0 unspecified atom stereocenters. The van der Waals surface area contributed by atoms with Crippen LogP contribution in [0.15, 0.2) is 40.2 Å². The van der Waals surface area contributed by atoms with Gasteiger partial charge in [0.25, 0.3) is 5.56 Å². The summed E-state index contributed by atoms with van der Waals surface area (Å²) in [7, 11) is 6.24. The smallest absolute Gasteiger partial charge is 0.332 e. The Kier molecular flexibility index (Phi) is 9.74. The molecule has 0 atom stereocenters. The van der Waals surface area contributed by atoms with E-state index in [4.69, 9.17) is 18.9 Å². The molecule has 1 aliphatic rings. The molecule has 1 fully saturated rings. The number of fused-ring (bicyclic) bond motifs is 1. The largest absolute Gasteiger partial charge is 0.493 e. The minimum atomic E-state index is -0.401. The van der Waals surface area contributed by atoms with Crippen molar-refractivity contribution in [2.45, 2.75) is 6.54 Å². The minimum Gasteiger partial charge on any atom is -0.493 e. The Bertz CT molecular complexity index is 1470. The normalized spacial score (nSPS) is 14.3. The number of methoxy groups -OCH3 is 2. The maximum absolute atomic E-state index is 12.8. The molecule has 3 aromatic rings. The van der Waals surface area contributed by atoms with Crippen LogP contribution in [-0.2, 0) is 34.9 Å². The van der Waals surface area contributed by atoms with Crippen molar-refractivity contribution in [1.82, 2.24) is 28.5 Å². The number of hydrogen-bond donors (Lipinski definition) is 0. The Morgan fingerprint density at radius 3 is 2.50 bits per heavy atom. The van der Waals surface area contributed by atoms with Gasteiger partial charge in [0.15, 0.2) is 29.5 Å². The van der Waals surface area contributed by atoms with Gasteiger partial charge in [-0.15, -0.1) is 0 Å². The number of carbonyl (C=O) groups is 1. The second-order valence-corrected chi connectivity index (χ2v) is 9.39. The zero-order valence-electron chi connectivity index (χ0n) is 23.4. The van der Waals surface area contributed by atoms with Gasteiger partial charge in [-0.25, -0.2) is 9.78 Å². The first-order chi connectivity index (χ1) is 19.3. The predicted octanol–water partition coefficient (Wildman–Crippen LogP) is 0.299. The molecular weight excluding hydrogens is 520 g/mol. The summed E-state index contributed by atoms with van der Waals surface area (Å²) in [6.07, 6.45) is 4.92. The molecule has 1 aliphatic heterocycles. The molecule has 40 heavy (non-hydrogen) atoms. The standard InChI is InChI=1S/C27H36N6O7/c1-29-25-24(26(35)30(2)27(29)36)33(18-28-25)14-11-31-9-12-32(13-10-31)23(34)8-6-20-5-7-21(22(17-20)38-4)40-19-39-16-15-37-3/h5-8,17-18H,9-16,19H2,1-4H3. The first-order valence-electron chi connectivity index (χ1n) is 13.0. The van der Waals surface area contributed by atoms with Crippen LogP contribution >= 0.6 is 0 Å². The fourth-order valence-electron chi connectivity index (χ4n) is 4.49. The number of aryl methyl sites for hydroxylation is 1. The third-order valence-electron chi connectivity index (χ3n) is 6.89. The second kappa shape index (κ2) is 13.4. The highest BCUT2D eigenvalue weighted by atomic mass is 16.7. The van der Waals surface area contributed by atoms with E-state index >= 15 is 0 Å². The lowest BCUT2D eigenvalue weighted by molar-refractivity contribution is -0.127. The van der Waals surface area contributed by atoms with Gasteiger partial charge in [-0.3, -0.25) is 23.6 Å². The first kappa shape index (κ1) is 29.1. The van der Waals surface area contributed by atoms with Crippen LogP contribution in [0.4, 0.5) is 0 Å². The predicted molar refractivity (Wildman–Crippen MR) is 149 cm³/mol. The topological polar surface area (TPSA) is 122 Å². The van der Waals surface area contributed by atoms with Crippen molar-refractivity contribution in [1.29, 1.82) is 0 Å². The Labute approximate surface area is 231 Å². The summed E-state index contributed by atoms with van der Waals surface area (Å²) in [6, 6.07) is 5.43. The number of amides is 1. The number of carbonyl (C=O) groups excluding carboxylic acids is 1. The third kappa shape index (κ3) is 6.61. The molecule has 0 bridgehead atoms. The average Bonchev–Trinajstić information content (AvgIpc) is 3.41. The molecule has 2 aromatic heterocycles. The second-order valence-electron chi connectivity index (χ2n) is 9.39. The number of imidazole rings is 1. The molecule has 13 nitrogen and oxygen atoms in total. The van der Waals surface area contributed by atoms with Gasteiger partial charge >= 0.3 is 5.69 Å². The Morgan fingerprint density at radius 2 is 1.77 bits per heavy atom. The number of nitrogens with zero attached hydrogens (tertiary/aromatic N) is 6. The molecule has 0 aliphatic carbocycles. The van der Waals surface area contributed by atoms with Crippen LogP contribution in [0.5, 0.6) is 11.5 Å². The van der Waals surface area contributed by atoms with Crippen LogP contribution in [0.3, 0.4) is 0 Å². The van der Waals surface area contributed by atoms with E-state index in [-0.39, 0.29) is 18.3 Å². The van der Waals surface area contributed by atoms with E-state index in [0.717, 1.165) is 23.2 Å². The summed E-state index contributed by atoms with van der Waals surface area (Å²) in [5, 5.41) is 0. The zero-order valence-corrected chi connectivity index (χ0v) is 23.4. The molecule has 1 saturated heterocycles. The van der Waals surface area contributed by atoms with Crippen molar-refractivity contribution >= 4 is 23.1 Å². The van der Waals surface area contributed by atoms with Gasteiger partial charge in [0.2, 0.25) is 5.91 Å². The molecule has 3 heterocycles. The fraction of sp³-hybridized carbons (Fsp3) is 0.481. The fourth-order valence-corrected chi connectivity index (χ4v) is 4.49. The van der Waals surface area contributed by atoms with E-state index in [1.807, 2.05) is 11.0 Å². The van der Waals surface area contributed by atoms with Crippen LogP contribution in [0.2, 0.25) is 0 Å². The van der Waals surface area contributed by atoms with E-state index in [9.17, 15) is 14.4 Å². The molecule has 0 saturated carbocycles. The highest BCUT2D eigenvalue weighted by Gasteiger charge is 2.20. The van der Waals surface area contributed by atoms with E-state index in [1.165, 1.54) is 11.6 Å². The summed E-state index contributed by atoms with van der Waals surface area (Å²) in [5.74, 6) is 1.03. The third-order valence-corrected chi connectivity index (χ3v) is 6.89. The number of aromatic nitrogens is 4. The van der Waals surface area contributed by atoms with Gasteiger partial charge in [-0.1, -0.05) is 6.07 Å². The van der Waals surface area contributed by atoms with Gasteiger partial charge in [0.1, 0.15) is 0 Å². The lowest BCUT2D eigenvalue weighted by atomic mass is 10.2. The summed E-state index contributed by atoms with van der Waals surface area (Å²) in [6.45, 7) is 4.89. The van der Waals surface area contributed by atoms with Gasteiger partial charge < -0.3 is 28.4 Å². The number of rotatable bonds is 12. The molecule has 4 rings (SSSR count). The van der Waals surface area contributed by atoms with Crippen LogP contribution in [0.25, 0.3) is 17.2 Å². The lowest BCUT2D eigenvalue weighted by Crippen LogP contribution is -2.49. The summed E-state index contributed by atoms with van der Waals surface area (Å²) < 4.78 is 25.5. The van der Waals surface area contributed by atoms with Gasteiger partial charge in [0.05, 0.1) is 26.7 Å². The molecule has 1 amide bonds. The van der Waals surface area contributed by atoms with E-state index < -0.39 is 5.69 Å². The molecule has 0 spiro atoms. The zero-order chi connectivity index (χ0) is 28.6. The summed E-state index contributed by atoms with van der Waals surface area (Å²) in [5.41, 5.74) is 0.844. The SMILES string of the molecule is COCCOCOc1ccc(C=CC(=O)N2CCN(CCn3cnc4c3c(=O)n(C)c(=O)n4C)CC2)cc1OC. The quantitative estimate of drug-likeness (QED) is 0.176. The van der Waals surface area contributed by atoms with Gasteiger partial charge in [-0.2, -0.15) is 0 Å². The number of ether oxygens (including phenoxy) is 4. The van der Waals surface area contributed by atoms with E-state index in [1.54, 1.807) is 56.4 Å².